The molecule has 0 saturated carbocycles. The largest absolute Gasteiger partial charge is 0.490 e. The first-order valence-electron chi connectivity index (χ1n) is 6.52. The van der Waals surface area contributed by atoms with Crippen LogP contribution in [0.2, 0.25) is 0 Å². The maximum Gasteiger partial charge on any atom is 0.327 e. The minimum Gasteiger partial charge on any atom is -0.490 e. The first kappa shape index (κ1) is 13.6. The zero-order chi connectivity index (χ0) is 13.7. The normalized spacial score (nSPS) is 19.2. The number of piperazine rings is 1. The summed E-state index contributed by atoms with van der Waals surface area (Å²) < 4.78 is 5.65. The van der Waals surface area contributed by atoms with Crippen LogP contribution < -0.4 is 15.0 Å². The highest BCUT2D eigenvalue weighted by atomic mass is 16.5. The smallest absolute Gasteiger partial charge is 0.327 e. The van der Waals surface area contributed by atoms with Crippen molar-refractivity contribution in [1.29, 1.82) is 0 Å². The molecule has 1 aliphatic heterocycles. The van der Waals surface area contributed by atoms with Crippen LogP contribution in [0.5, 0.6) is 5.75 Å². The third kappa shape index (κ3) is 3.14. The number of carbonyl (C=O) groups is 1. The second-order valence-corrected chi connectivity index (χ2v) is 4.43. The Morgan fingerprint density at radius 1 is 1.68 bits per heavy atom. The van der Waals surface area contributed by atoms with Crippen molar-refractivity contribution < 1.29 is 14.6 Å². The molecular weight excluding hydrogens is 246 g/mol. The summed E-state index contributed by atoms with van der Waals surface area (Å²) in [5.41, 5.74) is 0. The van der Waals surface area contributed by atoms with Gasteiger partial charge in [0.25, 0.3) is 0 Å². The summed E-state index contributed by atoms with van der Waals surface area (Å²) in [7, 11) is 0. The van der Waals surface area contributed by atoms with E-state index in [9.17, 15) is 9.90 Å². The quantitative estimate of drug-likeness (QED) is 0.817. The van der Waals surface area contributed by atoms with E-state index in [0.29, 0.717) is 31.3 Å². The lowest BCUT2D eigenvalue weighted by atomic mass is 10.2. The molecule has 2 N–H and O–H groups in total. The van der Waals surface area contributed by atoms with Crippen molar-refractivity contribution in [3.63, 3.8) is 0 Å². The number of ether oxygens (including phenoxy) is 1. The van der Waals surface area contributed by atoms with Crippen molar-refractivity contribution in [1.82, 2.24) is 10.3 Å². The molecule has 0 amide bonds. The molecule has 6 heteroatoms. The molecule has 1 aromatic rings. The number of rotatable bonds is 5. The van der Waals surface area contributed by atoms with Crippen molar-refractivity contribution >= 4 is 11.8 Å². The second kappa shape index (κ2) is 6.38. The summed E-state index contributed by atoms with van der Waals surface area (Å²) in [6.07, 6.45) is 2.56. The van der Waals surface area contributed by atoms with Crippen molar-refractivity contribution in [2.45, 2.75) is 19.4 Å². The van der Waals surface area contributed by atoms with Crippen molar-refractivity contribution in [3.05, 3.63) is 18.3 Å². The summed E-state index contributed by atoms with van der Waals surface area (Å²) in [6, 6.07) is 3.03. The number of aromatic nitrogens is 1. The summed E-state index contributed by atoms with van der Waals surface area (Å²) in [5.74, 6) is 0.418. The molecule has 0 bridgehead atoms. The number of nitrogens with one attached hydrogen (secondary N) is 1. The van der Waals surface area contributed by atoms with Crippen LogP contribution in [0.4, 0.5) is 5.82 Å². The number of carboxylic acid groups (broad SMARTS) is 1. The van der Waals surface area contributed by atoms with Gasteiger partial charge in [-0.1, -0.05) is 6.92 Å². The molecule has 6 nitrogen and oxygen atoms in total. The predicted octanol–water partition coefficient (Wildman–Crippen LogP) is 0.733. The van der Waals surface area contributed by atoms with Crippen LogP contribution in [0.3, 0.4) is 0 Å². The van der Waals surface area contributed by atoms with Crippen molar-refractivity contribution in [2.24, 2.45) is 0 Å². The summed E-state index contributed by atoms with van der Waals surface area (Å²) in [4.78, 5) is 17.4. The SMILES string of the molecule is CCCOc1cccnc1N1CCNCC1C(=O)O. The fourth-order valence-corrected chi connectivity index (χ4v) is 2.10. The fraction of sp³-hybridized carbons (Fsp3) is 0.538. The molecule has 104 valence electrons. The number of hydrogen-bond donors (Lipinski definition) is 2. The molecule has 0 spiro atoms. The molecule has 0 aromatic carbocycles. The highest BCUT2D eigenvalue weighted by molar-refractivity contribution is 5.79. The van der Waals surface area contributed by atoms with Crippen LogP contribution in [0, 0.1) is 0 Å². The maximum atomic E-state index is 11.3. The van der Waals surface area contributed by atoms with Crippen LogP contribution in [0.1, 0.15) is 13.3 Å². The maximum absolute atomic E-state index is 11.3. The molecule has 1 unspecified atom stereocenters. The number of nitrogens with zero attached hydrogens (tertiary/aromatic N) is 2. The lowest BCUT2D eigenvalue weighted by Gasteiger charge is -2.35. The zero-order valence-corrected chi connectivity index (χ0v) is 11.0. The van der Waals surface area contributed by atoms with E-state index in [1.165, 1.54) is 0 Å². The Morgan fingerprint density at radius 2 is 2.53 bits per heavy atom. The van der Waals surface area contributed by atoms with Gasteiger partial charge in [-0.3, -0.25) is 0 Å². The van der Waals surface area contributed by atoms with Gasteiger partial charge in [-0.25, -0.2) is 9.78 Å². The van der Waals surface area contributed by atoms with Gasteiger partial charge in [0.1, 0.15) is 6.04 Å². The van der Waals surface area contributed by atoms with E-state index in [1.807, 2.05) is 13.0 Å². The van der Waals surface area contributed by atoms with Gasteiger partial charge in [0.15, 0.2) is 11.6 Å². The molecule has 1 aromatic heterocycles. The first-order valence-corrected chi connectivity index (χ1v) is 6.52. The van der Waals surface area contributed by atoms with Gasteiger partial charge in [0.2, 0.25) is 0 Å². The Labute approximate surface area is 112 Å². The third-order valence-electron chi connectivity index (χ3n) is 3.01. The molecule has 19 heavy (non-hydrogen) atoms. The second-order valence-electron chi connectivity index (χ2n) is 4.43. The third-order valence-corrected chi connectivity index (χ3v) is 3.01. The van der Waals surface area contributed by atoms with Crippen molar-refractivity contribution in [3.8, 4) is 5.75 Å². The first-order chi connectivity index (χ1) is 9.24. The van der Waals surface area contributed by atoms with E-state index in [-0.39, 0.29) is 0 Å². The Kier molecular flexibility index (Phi) is 4.57. The monoisotopic (exact) mass is 265 g/mol. The Morgan fingerprint density at radius 3 is 3.26 bits per heavy atom. The molecule has 1 saturated heterocycles. The minimum atomic E-state index is -0.848. The number of aliphatic carboxylic acids is 1. The summed E-state index contributed by atoms with van der Waals surface area (Å²) in [6.45, 7) is 4.40. The van der Waals surface area contributed by atoms with Gasteiger partial charge in [0.05, 0.1) is 6.61 Å². The van der Waals surface area contributed by atoms with E-state index < -0.39 is 12.0 Å². The van der Waals surface area contributed by atoms with Gasteiger partial charge in [-0.05, 0) is 18.6 Å². The van der Waals surface area contributed by atoms with E-state index in [4.69, 9.17) is 4.74 Å². The van der Waals surface area contributed by atoms with Crippen molar-refractivity contribution in [2.75, 3.05) is 31.1 Å². The molecule has 1 atom stereocenters. The van der Waals surface area contributed by atoms with Crippen LogP contribution in [0.25, 0.3) is 0 Å². The average molecular weight is 265 g/mol. The Bertz CT molecular complexity index is 439. The van der Waals surface area contributed by atoms with Gasteiger partial charge < -0.3 is 20.1 Å². The van der Waals surface area contributed by atoms with E-state index >= 15 is 0 Å². The number of pyridine rings is 1. The van der Waals surface area contributed by atoms with Crippen LogP contribution >= 0.6 is 0 Å². The summed E-state index contributed by atoms with van der Waals surface area (Å²) >= 11 is 0. The standard InChI is InChI=1S/C13H19N3O3/c1-2-8-19-11-4-3-5-15-12(11)16-7-6-14-9-10(16)13(17)18/h3-5,10,14H,2,6-9H2,1H3,(H,17,18). The van der Waals surface area contributed by atoms with E-state index in [0.717, 1.165) is 13.0 Å². The molecule has 1 aliphatic rings. The zero-order valence-electron chi connectivity index (χ0n) is 11.0. The summed E-state index contributed by atoms with van der Waals surface area (Å²) in [5, 5.41) is 12.4. The van der Waals surface area contributed by atoms with E-state index in [2.05, 4.69) is 10.3 Å². The van der Waals surface area contributed by atoms with Crippen LogP contribution in [-0.4, -0.2) is 48.3 Å². The predicted molar refractivity (Wildman–Crippen MR) is 71.7 cm³/mol. The van der Waals surface area contributed by atoms with E-state index in [1.54, 1.807) is 17.2 Å². The van der Waals surface area contributed by atoms with Gasteiger partial charge in [-0.15, -0.1) is 0 Å². The van der Waals surface area contributed by atoms with Crippen LogP contribution in [0.15, 0.2) is 18.3 Å². The molecule has 2 heterocycles. The highest BCUT2D eigenvalue weighted by Crippen LogP contribution is 2.27. The Hall–Kier alpha value is -1.82. The lowest BCUT2D eigenvalue weighted by Crippen LogP contribution is -2.55. The number of carboxylic acids is 1. The molecule has 0 radical (unpaired) electrons. The average Bonchev–Trinajstić information content (AvgIpc) is 2.45. The number of anilines is 1. The Balaban J connectivity index is 2.25. The molecule has 2 rings (SSSR count). The van der Waals surface area contributed by atoms with Crippen LogP contribution in [-0.2, 0) is 4.79 Å². The number of hydrogen-bond acceptors (Lipinski definition) is 5. The lowest BCUT2D eigenvalue weighted by molar-refractivity contribution is -0.138. The molecular formula is C13H19N3O3. The topological polar surface area (TPSA) is 74.7 Å². The molecule has 1 fully saturated rings. The fourth-order valence-electron chi connectivity index (χ4n) is 2.10. The molecule has 0 aliphatic carbocycles. The van der Waals surface area contributed by atoms with Gasteiger partial charge in [-0.2, -0.15) is 0 Å². The highest BCUT2D eigenvalue weighted by Gasteiger charge is 2.30. The minimum absolute atomic E-state index is 0.416. The van der Waals surface area contributed by atoms with Gasteiger partial charge in [0, 0.05) is 25.8 Å². The van der Waals surface area contributed by atoms with Gasteiger partial charge >= 0.3 is 5.97 Å².